The third kappa shape index (κ3) is 20.4. The summed E-state index contributed by atoms with van der Waals surface area (Å²) < 4.78 is 0. The minimum atomic E-state index is -1.46. The number of nitrogens with two attached hydrogens (primary N) is 4. The zero-order valence-electron chi connectivity index (χ0n) is 37.0. The van der Waals surface area contributed by atoms with Crippen LogP contribution >= 0.6 is 23.5 Å². The number of rotatable bonds is 29. The molecule has 7 atom stereocenters. The van der Waals surface area contributed by atoms with E-state index in [1.54, 1.807) is 36.6 Å². The highest BCUT2D eigenvalue weighted by Crippen LogP contribution is 2.18. The summed E-state index contributed by atoms with van der Waals surface area (Å²) in [6.45, 7) is -0.0506. The van der Waals surface area contributed by atoms with Crippen molar-refractivity contribution in [3.8, 4) is 0 Å². The number of carbonyl (C=O) groups is 9. The Morgan fingerprint density at radius 2 is 1.28 bits per heavy atom. The summed E-state index contributed by atoms with van der Waals surface area (Å²) in [6.07, 6.45) is 5.24. The summed E-state index contributed by atoms with van der Waals surface area (Å²) in [6, 6.07) is 0.906. The smallest absolute Gasteiger partial charge is 0.245 e. The minimum Gasteiger partial charge on any atom is -0.394 e. The van der Waals surface area contributed by atoms with Crippen LogP contribution in [-0.4, -0.2) is 168 Å². The number of carbonyl (C=O) groups excluding carboxylic acids is 9. The Balaban J connectivity index is 2.10. The zero-order valence-corrected chi connectivity index (χ0v) is 38.6. The Bertz CT molecular complexity index is 1810. The van der Waals surface area contributed by atoms with Gasteiger partial charge in [0.05, 0.1) is 25.7 Å². The van der Waals surface area contributed by atoms with Crippen LogP contribution in [0.1, 0.15) is 51.0 Å². The molecule has 0 unspecified atom stereocenters. The van der Waals surface area contributed by atoms with Crippen molar-refractivity contribution in [2.24, 2.45) is 27.9 Å². The van der Waals surface area contributed by atoms with Crippen molar-refractivity contribution in [1.29, 1.82) is 0 Å². The number of nitrogens with one attached hydrogen (secondary N) is 7. The van der Waals surface area contributed by atoms with E-state index in [4.69, 9.17) is 22.9 Å². The molecule has 65 heavy (non-hydrogen) atoms. The number of aliphatic hydroxyl groups is 1. The monoisotopic (exact) mass is 951 g/mol. The van der Waals surface area contributed by atoms with E-state index in [0.717, 1.165) is 0 Å². The second-order valence-corrected chi connectivity index (χ2v) is 17.1. The topological polar surface area (TPSA) is 378 Å². The molecule has 1 fully saturated rings. The Hall–Kier alpha value is -5.66. The van der Waals surface area contributed by atoms with E-state index in [-0.39, 0.29) is 38.2 Å². The summed E-state index contributed by atoms with van der Waals surface area (Å²) >= 11 is 2.82. The van der Waals surface area contributed by atoms with Crippen LogP contribution in [0.2, 0.25) is 0 Å². The quantitative estimate of drug-likeness (QED) is 0.0204. The normalized spacial score (nSPS) is 16.0. The molecule has 0 aliphatic carbocycles. The van der Waals surface area contributed by atoms with Crippen molar-refractivity contribution in [3.63, 3.8) is 0 Å². The predicted octanol–water partition coefficient (Wildman–Crippen LogP) is -4.74. The lowest BCUT2D eigenvalue weighted by atomic mass is 10.0. The maximum atomic E-state index is 13.8. The molecular weight excluding hydrogens is 887 g/mol. The average molecular weight is 952 g/mol. The average Bonchev–Trinajstić information content (AvgIpc) is 3.77. The number of thioether (sulfide) groups is 2. The maximum Gasteiger partial charge on any atom is 0.245 e. The molecule has 362 valence electrons. The third-order valence-electron chi connectivity index (χ3n) is 9.94. The van der Waals surface area contributed by atoms with E-state index < -0.39 is 115 Å². The lowest BCUT2D eigenvalue weighted by molar-refractivity contribution is -0.140. The van der Waals surface area contributed by atoms with Crippen molar-refractivity contribution < 1.29 is 48.3 Å². The molecule has 23 nitrogen and oxygen atoms in total. The van der Waals surface area contributed by atoms with Gasteiger partial charge in [0.2, 0.25) is 53.2 Å². The van der Waals surface area contributed by atoms with Crippen LogP contribution in [0.3, 0.4) is 0 Å². The number of hydrogen-bond acceptors (Lipinski definition) is 14. The van der Waals surface area contributed by atoms with Crippen molar-refractivity contribution >= 4 is 82.6 Å². The fraction of sp³-hybridized carbons (Fsp3) is 0.600. The van der Waals surface area contributed by atoms with Crippen LogP contribution in [0.4, 0.5) is 0 Å². The van der Waals surface area contributed by atoms with Crippen LogP contribution in [0.15, 0.2) is 35.3 Å². The molecule has 1 aliphatic rings. The molecule has 0 saturated carbocycles. The van der Waals surface area contributed by atoms with Crippen LogP contribution in [0, 0.1) is 0 Å². The molecule has 0 bridgehead atoms. The van der Waals surface area contributed by atoms with Crippen LogP contribution in [-0.2, 0) is 49.6 Å². The Labute approximate surface area is 386 Å². The Kier molecular flexibility index (Phi) is 25.4. The van der Waals surface area contributed by atoms with Gasteiger partial charge in [-0.1, -0.05) is 30.3 Å². The molecule has 0 aromatic heterocycles. The van der Waals surface area contributed by atoms with Gasteiger partial charge in [-0.25, -0.2) is 0 Å². The number of likely N-dealkylation sites (tertiary alicyclic amines) is 1. The summed E-state index contributed by atoms with van der Waals surface area (Å²) in [4.78, 5) is 123. The first-order valence-electron chi connectivity index (χ1n) is 21.0. The van der Waals surface area contributed by atoms with Crippen molar-refractivity contribution in [1.82, 2.24) is 42.1 Å². The predicted molar refractivity (Wildman–Crippen MR) is 246 cm³/mol. The van der Waals surface area contributed by atoms with Gasteiger partial charge in [0, 0.05) is 19.5 Å². The van der Waals surface area contributed by atoms with Gasteiger partial charge in [0.1, 0.15) is 36.3 Å². The van der Waals surface area contributed by atoms with E-state index in [2.05, 4.69) is 42.2 Å². The molecule has 1 aliphatic heterocycles. The number of amides is 9. The lowest BCUT2D eigenvalue weighted by Crippen LogP contribution is -2.58. The molecular formula is C40H65N13O10S2. The molecule has 16 N–H and O–H groups in total. The first kappa shape index (κ1) is 55.5. The second-order valence-electron chi connectivity index (χ2n) is 15.1. The summed E-state index contributed by atoms with van der Waals surface area (Å²) in [5.41, 5.74) is 22.5. The van der Waals surface area contributed by atoms with E-state index in [0.29, 0.717) is 42.9 Å². The highest BCUT2D eigenvalue weighted by atomic mass is 32.2. The number of guanidine groups is 1. The summed E-state index contributed by atoms with van der Waals surface area (Å²) in [7, 11) is 0. The van der Waals surface area contributed by atoms with Gasteiger partial charge in [-0.3, -0.25) is 48.1 Å². The molecule has 1 heterocycles. The molecule has 0 radical (unpaired) electrons. The molecule has 2 rings (SSSR count). The Morgan fingerprint density at radius 1 is 0.738 bits per heavy atom. The lowest BCUT2D eigenvalue weighted by Gasteiger charge is -2.27. The van der Waals surface area contributed by atoms with E-state index in [9.17, 15) is 48.3 Å². The highest BCUT2D eigenvalue weighted by Gasteiger charge is 2.37. The standard InChI is InChI=1S/C40H65N13O10S2/c1-23(41)39(63)53-16-8-12-30(53)38(62)52-29(22-54)35(59)47-21-32(56)49-28(19-24-9-5-4-6-10-24)37(61)51-26(13-17-64-2)34(58)46-20-31(55)48-27(14-18-65-3)36(60)50-25(33(42)57)11-7-15-45-40(43)44/h4-6,9-10,23,25-30,54H,7-8,11-22,41H2,1-3H3,(H2,42,57)(H,46,58)(H,47,59)(H,48,55)(H,49,56)(H,50,60)(H,51,61)(H,52,62)(H4,43,44,45)/t23-,25-,26-,27-,28-,29-,30-/m0/s1. The molecule has 1 aromatic carbocycles. The van der Waals surface area contributed by atoms with Crippen LogP contribution in [0.5, 0.6) is 0 Å². The second kappa shape index (κ2) is 29.7. The number of nitrogens with zero attached hydrogens (tertiary/aromatic N) is 2. The number of aliphatic imine (C=N–C) groups is 1. The highest BCUT2D eigenvalue weighted by molar-refractivity contribution is 7.98. The number of primary amides is 1. The molecule has 9 amide bonds. The van der Waals surface area contributed by atoms with E-state index in [1.807, 2.05) is 6.26 Å². The molecule has 1 saturated heterocycles. The molecule has 0 spiro atoms. The number of benzene rings is 1. The van der Waals surface area contributed by atoms with Gasteiger partial charge in [0.25, 0.3) is 0 Å². The number of aliphatic hydroxyl groups excluding tert-OH is 1. The summed E-state index contributed by atoms with van der Waals surface area (Å²) in [5.74, 6) is -5.71. The Morgan fingerprint density at radius 3 is 1.82 bits per heavy atom. The minimum absolute atomic E-state index is 0.0225. The van der Waals surface area contributed by atoms with Gasteiger partial charge >= 0.3 is 0 Å². The third-order valence-corrected chi connectivity index (χ3v) is 11.2. The first-order valence-corrected chi connectivity index (χ1v) is 23.8. The largest absolute Gasteiger partial charge is 0.394 e. The fourth-order valence-corrected chi connectivity index (χ4v) is 7.44. The van der Waals surface area contributed by atoms with Gasteiger partial charge in [-0.2, -0.15) is 23.5 Å². The van der Waals surface area contributed by atoms with Gasteiger partial charge in [0.15, 0.2) is 5.96 Å². The molecule has 25 heteroatoms. The van der Waals surface area contributed by atoms with Crippen LogP contribution < -0.4 is 60.2 Å². The van der Waals surface area contributed by atoms with E-state index in [1.165, 1.54) is 35.3 Å². The zero-order chi connectivity index (χ0) is 48.5. The summed E-state index contributed by atoms with van der Waals surface area (Å²) in [5, 5.41) is 27.5. The van der Waals surface area contributed by atoms with Gasteiger partial charge in [-0.15, -0.1) is 0 Å². The molecule has 1 aromatic rings. The van der Waals surface area contributed by atoms with Crippen molar-refractivity contribution in [2.75, 3.05) is 56.8 Å². The maximum absolute atomic E-state index is 13.8. The SMILES string of the molecule is CSCC[C@H](NC(=O)CNC(=O)[C@H](CCSC)NC(=O)[C@H](Cc1ccccc1)NC(=O)CNC(=O)[C@H](CO)NC(=O)[C@@H]1CCCN1C(=O)[C@H](C)N)C(=O)N[C@@H](CCCN=C(N)N)C(N)=O. The first-order chi connectivity index (χ1) is 30.9. The van der Waals surface area contributed by atoms with Crippen LogP contribution in [0.25, 0.3) is 0 Å². The van der Waals surface area contributed by atoms with Gasteiger partial charge < -0.3 is 70.2 Å². The fourth-order valence-electron chi connectivity index (χ4n) is 6.50. The van der Waals surface area contributed by atoms with Crippen molar-refractivity contribution in [3.05, 3.63) is 35.9 Å². The van der Waals surface area contributed by atoms with E-state index >= 15 is 0 Å². The van der Waals surface area contributed by atoms with Gasteiger partial charge in [-0.05, 0) is 75.0 Å². The number of hydrogen-bond donors (Lipinski definition) is 12. The van der Waals surface area contributed by atoms with Crippen molar-refractivity contribution in [2.45, 2.75) is 94.2 Å².